The monoisotopic (exact) mass is 488 g/mol. The van der Waals surface area contributed by atoms with E-state index in [0.29, 0.717) is 24.6 Å². The zero-order chi connectivity index (χ0) is 25.2. The lowest BCUT2D eigenvalue weighted by molar-refractivity contribution is -0.138. The largest absolute Gasteiger partial charge is 0.508 e. The number of nitrogens with zero attached hydrogens (tertiary/aromatic N) is 2. The summed E-state index contributed by atoms with van der Waals surface area (Å²) in [6, 6.07) is 6.74. The topological polar surface area (TPSA) is 134 Å². The quantitative estimate of drug-likeness (QED) is 0.401. The van der Waals surface area contributed by atoms with Gasteiger partial charge in [0.15, 0.2) is 0 Å². The molecule has 35 heavy (non-hydrogen) atoms. The number of hydrogen-bond acceptors (Lipinski definition) is 7. The fraction of sp³-hybridized carbons (Fsp3) is 0.217. The Morgan fingerprint density at radius 2 is 1.80 bits per heavy atom. The molecule has 1 fully saturated rings. The van der Waals surface area contributed by atoms with Crippen molar-refractivity contribution in [2.45, 2.75) is 31.1 Å². The van der Waals surface area contributed by atoms with Crippen molar-refractivity contribution in [3.05, 3.63) is 71.8 Å². The number of halogens is 3. The second-order valence-electron chi connectivity index (χ2n) is 7.92. The summed E-state index contributed by atoms with van der Waals surface area (Å²) in [6.45, 7) is 0.0113. The summed E-state index contributed by atoms with van der Waals surface area (Å²) in [6.07, 6.45) is -0.197. The first-order valence-electron chi connectivity index (χ1n) is 10.3. The normalized spacial score (nSPS) is 14.1. The highest BCUT2D eigenvalue weighted by Crippen LogP contribution is 2.40. The SMILES string of the molecule is O=C(NC1(C(=O)NCc2ccc(Oc3ccc(O)cc3C(F)(F)F)cn2)CC1)c1cncc(O)c1. The minimum absolute atomic E-state index is 0.0113. The molecular formula is C23H19F3N4O5. The third-order valence-corrected chi connectivity index (χ3v) is 5.25. The van der Waals surface area contributed by atoms with E-state index in [1.807, 2.05) is 0 Å². The number of phenols is 1. The van der Waals surface area contributed by atoms with Gasteiger partial charge in [0.2, 0.25) is 5.91 Å². The number of carbonyl (C=O) groups excluding carboxylic acids is 2. The number of aromatic hydroxyl groups is 2. The third kappa shape index (κ3) is 5.60. The predicted molar refractivity (Wildman–Crippen MR) is 115 cm³/mol. The molecule has 9 nitrogen and oxygen atoms in total. The fourth-order valence-corrected chi connectivity index (χ4v) is 3.25. The van der Waals surface area contributed by atoms with Crippen LogP contribution in [0.4, 0.5) is 13.2 Å². The Labute approximate surface area is 196 Å². The van der Waals surface area contributed by atoms with Gasteiger partial charge in [0.25, 0.3) is 5.91 Å². The number of alkyl halides is 3. The van der Waals surface area contributed by atoms with Gasteiger partial charge in [0.05, 0.1) is 30.2 Å². The van der Waals surface area contributed by atoms with E-state index in [1.54, 1.807) is 0 Å². The van der Waals surface area contributed by atoms with Crippen molar-refractivity contribution in [1.29, 1.82) is 0 Å². The van der Waals surface area contributed by atoms with E-state index in [2.05, 4.69) is 20.6 Å². The average molecular weight is 488 g/mol. The lowest BCUT2D eigenvalue weighted by Crippen LogP contribution is -2.48. The van der Waals surface area contributed by atoms with Crippen LogP contribution in [-0.4, -0.2) is 37.5 Å². The lowest BCUT2D eigenvalue weighted by atomic mass is 10.2. The van der Waals surface area contributed by atoms with Crippen molar-refractivity contribution < 1.29 is 37.7 Å². The van der Waals surface area contributed by atoms with Gasteiger partial charge in [-0.05, 0) is 49.2 Å². The van der Waals surface area contributed by atoms with E-state index < -0.39 is 40.6 Å². The summed E-state index contributed by atoms with van der Waals surface area (Å²) in [4.78, 5) is 32.8. The number of pyridine rings is 2. The van der Waals surface area contributed by atoms with Gasteiger partial charge in [-0.3, -0.25) is 19.6 Å². The third-order valence-electron chi connectivity index (χ3n) is 5.25. The summed E-state index contributed by atoms with van der Waals surface area (Å²) in [7, 11) is 0. The molecule has 0 bridgehead atoms. The predicted octanol–water partition coefficient (Wildman–Crippen LogP) is 3.28. The highest BCUT2D eigenvalue weighted by atomic mass is 19.4. The summed E-state index contributed by atoms with van der Waals surface area (Å²) >= 11 is 0. The number of carbonyl (C=O) groups is 2. The molecule has 1 saturated carbocycles. The van der Waals surface area contributed by atoms with Gasteiger partial charge >= 0.3 is 6.18 Å². The van der Waals surface area contributed by atoms with Crippen molar-refractivity contribution in [3.8, 4) is 23.0 Å². The number of ether oxygens (including phenoxy) is 1. The van der Waals surface area contributed by atoms with Crippen LogP contribution in [0.25, 0.3) is 0 Å². The molecule has 0 spiro atoms. The van der Waals surface area contributed by atoms with Crippen molar-refractivity contribution in [2.24, 2.45) is 0 Å². The van der Waals surface area contributed by atoms with Gasteiger partial charge in [-0.1, -0.05) is 0 Å². The minimum atomic E-state index is -4.72. The number of amides is 2. The summed E-state index contributed by atoms with van der Waals surface area (Å²) in [5, 5.41) is 24.1. The molecule has 1 aliphatic rings. The summed E-state index contributed by atoms with van der Waals surface area (Å²) < 4.78 is 44.8. The van der Waals surface area contributed by atoms with Crippen LogP contribution in [0.5, 0.6) is 23.0 Å². The molecule has 2 aromatic heterocycles. The van der Waals surface area contributed by atoms with E-state index in [4.69, 9.17) is 4.74 Å². The van der Waals surface area contributed by atoms with E-state index in [0.717, 1.165) is 12.1 Å². The van der Waals surface area contributed by atoms with Gasteiger partial charge < -0.3 is 25.6 Å². The molecule has 2 heterocycles. The number of phenolic OH excluding ortho intramolecular Hbond substituents is 1. The van der Waals surface area contributed by atoms with Crippen LogP contribution in [-0.2, 0) is 17.5 Å². The molecule has 4 N–H and O–H groups in total. The Morgan fingerprint density at radius 1 is 1.03 bits per heavy atom. The van der Waals surface area contributed by atoms with Crippen molar-refractivity contribution in [3.63, 3.8) is 0 Å². The second kappa shape index (κ2) is 9.12. The number of aromatic nitrogens is 2. The van der Waals surface area contributed by atoms with E-state index in [9.17, 15) is 33.0 Å². The second-order valence-corrected chi connectivity index (χ2v) is 7.92. The molecule has 0 aliphatic heterocycles. The van der Waals surface area contributed by atoms with Crippen molar-refractivity contribution in [1.82, 2.24) is 20.6 Å². The Morgan fingerprint density at radius 3 is 2.43 bits per heavy atom. The summed E-state index contributed by atoms with van der Waals surface area (Å²) in [5.74, 6) is -2.15. The molecule has 0 radical (unpaired) electrons. The Hall–Kier alpha value is -4.35. The first-order valence-corrected chi connectivity index (χ1v) is 10.3. The van der Waals surface area contributed by atoms with Crippen LogP contribution in [0.1, 0.15) is 34.5 Å². The minimum Gasteiger partial charge on any atom is -0.508 e. The van der Waals surface area contributed by atoms with Crippen LogP contribution in [0, 0.1) is 0 Å². The molecule has 3 aromatic rings. The van der Waals surface area contributed by atoms with Crippen molar-refractivity contribution in [2.75, 3.05) is 0 Å². The van der Waals surface area contributed by atoms with E-state index >= 15 is 0 Å². The molecule has 4 rings (SSSR count). The standard InChI is InChI=1S/C23H19F3N4O5/c24-23(25,26)18-8-15(31)2-4-19(18)35-17-3-1-14(28-12-17)10-29-21(34)22(5-6-22)30-20(33)13-7-16(32)11-27-9-13/h1-4,7-9,11-12,31-32H,5-6,10H2,(H,29,34)(H,30,33). The molecule has 1 aromatic carbocycles. The van der Waals surface area contributed by atoms with Crippen LogP contribution < -0.4 is 15.4 Å². The van der Waals surface area contributed by atoms with Gasteiger partial charge in [-0.2, -0.15) is 13.2 Å². The maximum Gasteiger partial charge on any atom is 0.420 e. The average Bonchev–Trinajstić information content (AvgIpc) is 3.59. The number of rotatable bonds is 7. The first-order chi connectivity index (χ1) is 16.6. The highest BCUT2D eigenvalue weighted by Gasteiger charge is 2.51. The molecule has 12 heteroatoms. The molecule has 2 amide bonds. The van der Waals surface area contributed by atoms with Crippen LogP contribution in [0.15, 0.2) is 55.0 Å². The number of benzene rings is 1. The fourth-order valence-electron chi connectivity index (χ4n) is 3.25. The maximum absolute atomic E-state index is 13.2. The summed E-state index contributed by atoms with van der Waals surface area (Å²) in [5.41, 5.74) is -1.68. The lowest BCUT2D eigenvalue weighted by Gasteiger charge is -2.17. The molecular weight excluding hydrogens is 469 g/mol. The van der Waals surface area contributed by atoms with Gasteiger partial charge in [0.1, 0.15) is 34.1 Å². The Balaban J connectivity index is 1.35. The molecule has 182 valence electrons. The van der Waals surface area contributed by atoms with Gasteiger partial charge in [-0.15, -0.1) is 0 Å². The molecule has 0 unspecified atom stereocenters. The van der Waals surface area contributed by atoms with Crippen molar-refractivity contribution >= 4 is 11.8 Å². The van der Waals surface area contributed by atoms with E-state index in [-0.39, 0.29) is 23.6 Å². The Bertz CT molecular complexity index is 1260. The Kier molecular flexibility index (Phi) is 6.20. The number of hydrogen-bond donors (Lipinski definition) is 4. The van der Waals surface area contributed by atoms with Crippen LogP contribution in [0.3, 0.4) is 0 Å². The molecule has 0 saturated heterocycles. The van der Waals surface area contributed by atoms with Gasteiger partial charge in [-0.25, -0.2) is 0 Å². The zero-order valence-electron chi connectivity index (χ0n) is 18.0. The highest BCUT2D eigenvalue weighted by molar-refractivity contribution is 6.00. The smallest absolute Gasteiger partial charge is 0.420 e. The zero-order valence-corrected chi connectivity index (χ0v) is 18.0. The molecule has 1 aliphatic carbocycles. The van der Waals surface area contributed by atoms with Crippen LogP contribution >= 0.6 is 0 Å². The van der Waals surface area contributed by atoms with Crippen LogP contribution in [0.2, 0.25) is 0 Å². The number of nitrogens with one attached hydrogen (secondary N) is 2. The molecule has 0 atom stereocenters. The van der Waals surface area contributed by atoms with E-state index in [1.165, 1.54) is 36.8 Å². The first kappa shape index (κ1) is 23.8. The maximum atomic E-state index is 13.2. The van der Waals surface area contributed by atoms with Gasteiger partial charge in [0, 0.05) is 6.20 Å².